The smallest absolute Gasteiger partial charge is 0.422 e. The summed E-state index contributed by atoms with van der Waals surface area (Å²) in [5.41, 5.74) is -6.46. The lowest BCUT2D eigenvalue weighted by atomic mass is 9.77. The molecule has 0 spiro atoms. The Labute approximate surface area is 239 Å². The van der Waals surface area contributed by atoms with Crippen molar-refractivity contribution in [1.29, 1.82) is 0 Å². The van der Waals surface area contributed by atoms with E-state index in [4.69, 9.17) is 21.1 Å². The first-order valence-electron chi connectivity index (χ1n) is 11.9. The van der Waals surface area contributed by atoms with Crippen LogP contribution in [0.4, 0.5) is 32.0 Å². The molecule has 1 aliphatic heterocycles. The number of carbonyl (C=O) groups excluding carboxylic acids is 2. The van der Waals surface area contributed by atoms with Crippen LogP contribution in [-0.2, 0) is 21.3 Å². The van der Waals surface area contributed by atoms with Crippen LogP contribution in [0.15, 0.2) is 48.7 Å². The maximum Gasteiger partial charge on any atom is 0.422 e. The largest absolute Gasteiger partial charge is 0.482 e. The molecule has 2 unspecified atom stereocenters. The predicted molar refractivity (Wildman–Crippen MR) is 136 cm³/mol. The number of nitrogens with zero attached hydrogens (tertiary/aromatic N) is 2. The molecule has 2 atom stereocenters. The van der Waals surface area contributed by atoms with Gasteiger partial charge < -0.3 is 24.2 Å². The number of rotatable bonds is 6. The lowest BCUT2D eigenvalue weighted by Gasteiger charge is -2.38. The number of methoxy groups -OCH3 is 1. The number of pyridine rings is 1. The lowest BCUT2D eigenvalue weighted by Crippen LogP contribution is -2.47. The summed E-state index contributed by atoms with van der Waals surface area (Å²) in [5, 5.41) is 10.9. The van der Waals surface area contributed by atoms with Gasteiger partial charge in [0, 0.05) is 30.3 Å². The number of alkyl halides is 6. The van der Waals surface area contributed by atoms with Gasteiger partial charge in [-0.15, -0.1) is 0 Å². The summed E-state index contributed by atoms with van der Waals surface area (Å²) in [6, 6.07) is 6.99. The summed E-state index contributed by atoms with van der Waals surface area (Å²) in [6.45, 7) is 0.790. The molecule has 42 heavy (non-hydrogen) atoms. The summed E-state index contributed by atoms with van der Waals surface area (Å²) in [6.07, 6.45) is -9.58. The van der Waals surface area contributed by atoms with Crippen LogP contribution in [0.1, 0.15) is 39.9 Å². The number of hydrogen-bond donors (Lipinski definition) is 1. The van der Waals surface area contributed by atoms with E-state index in [-0.39, 0.29) is 34.4 Å². The zero-order valence-electron chi connectivity index (χ0n) is 21.9. The highest BCUT2D eigenvalue weighted by Crippen LogP contribution is 2.51. The van der Waals surface area contributed by atoms with Gasteiger partial charge in [-0.2, -0.15) is 26.3 Å². The van der Waals surface area contributed by atoms with Crippen LogP contribution in [-0.4, -0.2) is 48.9 Å². The number of aliphatic hydroxyl groups is 1. The lowest BCUT2D eigenvalue weighted by molar-refractivity contribution is -0.274. The molecular formula is C27H21ClF6N2O6. The SMILES string of the molecule is COC(=O)c1cnc(Oc2ccc(C(C)C(O)(c3ccc4c(c3)N(C)C(=O)CO4)C(F)(F)F)c(Cl)c2)cc1C(F)(F)F. The highest BCUT2D eigenvalue weighted by molar-refractivity contribution is 6.31. The van der Waals surface area contributed by atoms with Crippen molar-refractivity contribution >= 4 is 29.2 Å². The summed E-state index contributed by atoms with van der Waals surface area (Å²) in [5.74, 6) is -4.13. The Bertz CT molecular complexity index is 1550. The molecule has 8 nitrogen and oxygen atoms in total. The second-order valence-electron chi connectivity index (χ2n) is 9.25. The number of aromatic nitrogens is 1. The molecule has 0 radical (unpaired) electrons. The number of ether oxygens (including phenoxy) is 3. The van der Waals surface area contributed by atoms with Gasteiger partial charge in [0.15, 0.2) is 12.2 Å². The zero-order valence-corrected chi connectivity index (χ0v) is 22.7. The number of halogens is 7. The van der Waals surface area contributed by atoms with Crippen molar-refractivity contribution in [2.24, 2.45) is 0 Å². The number of likely N-dealkylation sites (N-methyl/N-ethyl adjacent to an activating group) is 1. The Balaban J connectivity index is 1.69. The molecule has 1 aromatic heterocycles. The van der Waals surface area contributed by atoms with Crippen molar-refractivity contribution in [2.75, 3.05) is 25.7 Å². The van der Waals surface area contributed by atoms with Gasteiger partial charge in [0.05, 0.1) is 23.9 Å². The molecule has 0 aliphatic carbocycles. The van der Waals surface area contributed by atoms with Crippen molar-refractivity contribution in [3.05, 3.63) is 75.9 Å². The molecule has 3 aromatic rings. The molecule has 1 N–H and O–H groups in total. The average molecular weight is 619 g/mol. The molecular weight excluding hydrogens is 598 g/mol. The van der Waals surface area contributed by atoms with E-state index in [2.05, 4.69) is 9.72 Å². The van der Waals surface area contributed by atoms with Gasteiger partial charge in [-0.25, -0.2) is 9.78 Å². The van der Waals surface area contributed by atoms with Crippen LogP contribution in [0.25, 0.3) is 0 Å². The van der Waals surface area contributed by atoms with E-state index in [1.165, 1.54) is 13.1 Å². The molecule has 224 valence electrons. The number of fused-ring (bicyclic) bond motifs is 1. The van der Waals surface area contributed by atoms with Gasteiger partial charge in [0.2, 0.25) is 5.88 Å². The van der Waals surface area contributed by atoms with Crippen LogP contribution in [0.2, 0.25) is 5.02 Å². The number of carbonyl (C=O) groups is 2. The normalized spacial score (nSPS) is 15.8. The minimum absolute atomic E-state index is 0.0254. The molecule has 0 bridgehead atoms. The third-order valence-electron chi connectivity index (χ3n) is 6.79. The van der Waals surface area contributed by atoms with Gasteiger partial charge in [0.25, 0.3) is 5.91 Å². The highest BCUT2D eigenvalue weighted by atomic mass is 35.5. The molecule has 2 heterocycles. The minimum Gasteiger partial charge on any atom is -0.482 e. The van der Waals surface area contributed by atoms with E-state index >= 15 is 0 Å². The monoisotopic (exact) mass is 618 g/mol. The second-order valence-corrected chi connectivity index (χ2v) is 9.66. The Kier molecular flexibility index (Phi) is 8.08. The predicted octanol–water partition coefficient (Wildman–Crippen LogP) is 6.24. The maximum absolute atomic E-state index is 14.5. The molecule has 2 aromatic carbocycles. The van der Waals surface area contributed by atoms with Crippen LogP contribution in [0.3, 0.4) is 0 Å². The van der Waals surface area contributed by atoms with Crippen LogP contribution < -0.4 is 14.4 Å². The number of amides is 1. The first-order valence-corrected chi connectivity index (χ1v) is 12.3. The van der Waals surface area contributed by atoms with Crippen LogP contribution >= 0.6 is 11.6 Å². The molecule has 0 fully saturated rings. The Morgan fingerprint density at radius 2 is 1.81 bits per heavy atom. The fourth-order valence-electron chi connectivity index (χ4n) is 4.44. The van der Waals surface area contributed by atoms with Crippen molar-refractivity contribution in [3.8, 4) is 17.4 Å². The first kappa shape index (κ1) is 30.9. The number of hydrogen-bond acceptors (Lipinski definition) is 7. The molecule has 1 amide bonds. The number of benzene rings is 2. The maximum atomic E-state index is 14.5. The van der Waals surface area contributed by atoms with E-state index < -0.39 is 58.3 Å². The average Bonchev–Trinajstić information content (AvgIpc) is 2.92. The Morgan fingerprint density at radius 3 is 2.40 bits per heavy atom. The van der Waals surface area contributed by atoms with E-state index in [1.54, 1.807) is 0 Å². The fraction of sp³-hybridized carbons (Fsp3) is 0.296. The first-order chi connectivity index (χ1) is 19.5. The van der Waals surface area contributed by atoms with Crippen molar-refractivity contribution < 1.29 is 55.2 Å². The molecule has 0 saturated heterocycles. The number of esters is 1. The number of anilines is 1. The van der Waals surface area contributed by atoms with E-state index in [1.807, 2.05) is 0 Å². The van der Waals surface area contributed by atoms with Crippen molar-refractivity contribution in [3.63, 3.8) is 0 Å². The Morgan fingerprint density at radius 1 is 1.12 bits per heavy atom. The summed E-state index contributed by atoms with van der Waals surface area (Å²) < 4.78 is 99.0. The van der Waals surface area contributed by atoms with Gasteiger partial charge in [-0.05, 0) is 35.4 Å². The third kappa shape index (κ3) is 5.55. The third-order valence-corrected chi connectivity index (χ3v) is 7.12. The van der Waals surface area contributed by atoms with Crippen LogP contribution in [0, 0.1) is 0 Å². The van der Waals surface area contributed by atoms with E-state index in [0.29, 0.717) is 12.3 Å². The van der Waals surface area contributed by atoms with Gasteiger partial charge in [-0.3, -0.25) is 4.79 Å². The van der Waals surface area contributed by atoms with Gasteiger partial charge >= 0.3 is 18.3 Å². The van der Waals surface area contributed by atoms with E-state index in [0.717, 1.165) is 49.3 Å². The highest BCUT2D eigenvalue weighted by Gasteiger charge is 2.59. The van der Waals surface area contributed by atoms with Crippen LogP contribution in [0.5, 0.6) is 17.4 Å². The molecule has 4 rings (SSSR count). The fourth-order valence-corrected chi connectivity index (χ4v) is 4.77. The zero-order chi connectivity index (χ0) is 31.2. The topological polar surface area (TPSA) is 98.2 Å². The minimum atomic E-state index is -5.23. The quantitative estimate of drug-likeness (QED) is 0.258. The van der Waals surface area contributed by atoms with Gasteiger partial charge in [-0.1, -0.05) is 30.7 Å². The summed E-state index contributed by atoms with van der Waals surface area (Å²) >= 11 is 6.29. The Hall–Kier alpha value is -4.04. The summed E-state index contributed by atoms with van der Waals surface area (Å²) in [4.78, 5) is 28.5. The molecule has 15 heteroatoms. The van der Waals surface area contributed by atoms with Crippen molar-refractivity contribution in [1.82, 2.24) is 4.98 Å². The standard InChI is InChI=1S/C27H21ClF6N2O6/c1-13(25(39,27(32,33)34)14-4-7-21-20(8-14)36(2)23(37)12-41-21)16-6-5-15(9-19(16)28)42-22-10-18(26(29,30)31)17(11-35-22)24(38)40-3/h4-11,13,39H,12H2,1-3H3. The second kappa shape index (κ2) is 11.0. The molecule has 1 aliphatic rings. The molecule has 0 saturated carbocycles. The van der Waals surface area contributed by atoms with Gasteiger partial charge in [0.1, 0.15) is 11.5 Å². The van der Waals surface area contributed by atoms with Crippen molar-refractivity contribution in [2.45, 2.75) is 30.8 Å². The summed E-state index contributed by atoms with van der Waals surface area (Å²) in [7, 11) is 2.26. The van der Waals surface area contributed by atoms with E-state index in [9.17, 15) is 41.0 Å².